The van der Waals surface area contributed by atoms with Gasteiger partial charge in [0.15, 0.2) is 0 Å². The van der Waals surface area contributed by atoms with Crippen LogP contribution in [-0.2, 0) is 12.8 Å². The van der Waals surface area contributed by atoms with Gasteiger partial charge in [-0.15, -0.1) is 11.3 Å². The first-order chi connectivity index (χ1) is 7.31. The molecule has 5 heteroatoms. The first kappa shape index (κ1) is 10.0. The molecule has 0 spiro atoms. The minimum absolute atomic E-state index is 0.582. The van der Waals surface area contributed by atoms with Crippen LogP contribution in [-0.4, -0.2) is 15.0 Å². The second kappa shape index (κ2) is 4.35. The van der Waals surface area contributed by atoms with Crippen LogP contribution in [0.1, 0.15) is 23.2 Å². The molecular weight excluding hydrogens is 208 g/mol. The van der Waals surface area contributed by atoms with E-state index >= 15 is 0 Å². The van der Waals surface area contributed by atoms with Crippen LogP contribution in [0.3, 0.4) is 0 Å². The second-order valence-corrected chi connectivity index (χ2v) is 4.12. The van der Waals surface area contributed by atoms with Crippen molar-refractivity contribution in [2.45, 2.75) is 19.8 Å². The molecule has 15 heavy (non-hydrogen) atoms. The third-order valence-corrected chi connectivity index (χ3v) is 3.00. The maximum Gasteiger partial charge on any atom is 0.130 e. The lowest BCUT2D eigenvalue weighted by atomic mass is 10.1. The Labute approximate surface area is 92.2 Å². The number of nitrogen functional groups attached to an aromatic ring is 1. The molecular formula is C10H12N4S. The van der Waals surface area contributed by atoms with E-state index in [9.17, 15) is 0 Å². The maximum atomic E-state index is 5.79. The van der Waals surface area contributed by atoms with Crippen LogP contribution in [0.4, 0.5) is 5.82 Å². The van der Waals surface area contributed by atoms with Crippen molar-refractivity contribution in [1.29, 1.82) is 0 Å². The summed E-state index contributed by atoms with van der Waals surface area (Å²) in [5.41, 5.74) is 7.81. The van der Waals surface area contributed by atoms with Crippen LogP contribution in [0.5, 0.6) is 0 Å². The third-order valence-electron chi connectivity index (χ3n) is 2.22. The van der Waals surface area contributed by atoms with Gasteiger partial charge in [0.25, 0.3) is 0 Å². The smallest absolute Gasteiger partial charge is 0.130 e. The van der Waals surface area contributed by atoms with Gasteiger partial charge in [-0.2, -0.15) is 0 Å². The van der Waals surface area contributed by atoms with Crippen molar-refractivity contribution in [3.8, 4) is 0 Å². The van der Waals surface area contributed by atoms with E-state index in [1.54, 1.807) is 17.5 Å². The van der Waals surface area contributed by atoms with Crippen LogP contribution in [0.25, 0.3) is 0 Å². The van der Waals surface area contributed by atoms with Gasteiger partial charge < -0.3 is 5.73 Å². The minimum Gasteiger partial charge on any atom is -0.383 e. The van der Waals surface area contributed by atoms with E-state index in [4.69, 9.17) is 5.73 Å². The third kappa shape index (κ3) is 2.12. The van der Waals surface area contributed by atoms with E-state index in [-0.39, 0.29) is 0 Å². The van der Waals surface area contributed by atoms with Gasteiger partial charge in [0, 0.05) is 23.6 Å². The lowest BCUT2D eigenvalue weighted by Crippen LogP contribution is -2.04. The summed E-state index contributed by atoms with van der Waals surface area (Å²) in [6.07, 6.45) is 4.91. The van der Waals surface area contributed by atoms with Crippen molar-refractivity contribution in [2.24, 2.45) is 0 Å². The molecule has 0 fully saturated rings. The van der Waals surface area contributed by atoms with E-state index in [1.165, 1.54) is 6.33 Å². The van der Waals surface area contributed by atoms with E-state index in [2.05, 4.69) is 21.9 Å². The standard InChI is InChI=1S/C10H12N4S/c1-2-7-8(13-6-14-10(7)11)5-9-12-3-4-15-9/h3-4,6H,2,5H2,1H3,(H2,11,13,14). The summed E-state index contributed by atoms with van der Waals surface area (Å²) in [6.45, 7) is 2.06. The van der Waals surface area contributed by atoms with Gasteiger partial charge in [-0.3, -0.25) is 0 Å². The molecule has 0 aliphatic rings. The van der Waals surface area contributed by atoms with E-state index < -0.39 is 0 Å². The maximum absolute atomic E-state index is 5.79. The largest absolute Gasteiger partial charge is 0.383 e. The average molecular weight is 220 g/mol. The number of nitrogens with two attached hydrogens (primary N) is 1. The number of hydrogen-bond acceptors (Lipinski definition) is 5. The van der Waals surface area contributed by atoms with Crippen molar-refractivity contribution >= 4 is 17.2 Å². The van der Waals surface area contributed by atoms with Gasteiger partial charge in [0.05, 0.1) is 10.7 Å². The van der Waals surface area contributed by atoms with E-state index in [1.807, 2.05) is 5.38 Å². The number of aromatic nitrogens is 3. The summed E-state index contributed by atoms with van der Waals surface area (Å²) in [6, 6.07) is 0. The van der Waals surface area contributed by atoms with Crippen molar-refractivity contribution in [2.75, 3.05) is 5.73 Å². The predicted molar refractivity (Wildman–Crippen MR) is 60.7 cm³/mol. The zero-order valence-electron chi connectivity index (χ0n) is 8.47. The van der Waals surface area contributed by atoms with Gasteiger partial charge >= 0.3 is 0 Å². The summed E-state index contributed by atoms with van der Waals surface area (Å²) < 4.78 is 0. The molecule has 0 radical (unpaired) electrons. The normalized spacial score (nSPS) is 10.5. The highest BCUT2D eigenvalue weighted by Crippen LogP contribution is 2.17. The molecule has 78 valence electrons. The molecule has 2 rings (SSSR count). The fourth-order valence-electron chi connectivity index (χ4n) is 1.49. The highest BCUT2D eigenvalue weighted by Gasteiger charge is 2.08. The lowest BCUT2D eigenvalue weighted by molar-refractivity contribution is 0.949. The molecule has 0 bridgehead atoms. The summed E-state index contributed by atoms with van der Waals surface area (Å²) in [7, 11) is 0. The van der Waals surface area contributed by atoms with Crippen LogP contribution in [0.15, 0.2) is 17.9 Å². The van der Waals surface area contributed by atoms with Gasteiger partial charge in [0.1, 0.15) is 12.1 Å². The Kier molecular flexibility index (Phi) is 2.91. The molecule has 0 amide bonds. The Morgan fingerprint density at radius 1 is 1.33 bits per heavy atom. The number of thiazole rings is 1. The highest BCUT2D eigenvalue weighted by atomic mass is 32.1. The second-order valence-electron chi connectivity index (χ2n) is 3.14. The van der Waals surface area contributed by atoms with Crippen molar-refractivity contribution in [3.05, 3.63) is 34.2 Å². The topological polar surface area (TPSA) is 64.7 Å². The van der Waals surface area contributed by atoms with Gasteiger partial charge in [-0.1, -0.05) is 6.92 Å². The Bertz CT molecular complexity index is 439. The van der Waals surface area contributed by atoms with Crippen LogP contribution >= 0.6 is 11.3 Å². The average Bonchev–Trinajstić information content (AvgIpc) is 2.71. The van der Waals surface area contributed by atoms with Crippen molar-refractivity contribution in [1.82, 2.24) is 15.0 Å². The molecule has 2 aromatic heterocycles. The molecule has 2 N–H and O–H groups in total. The molecule has 0 aliphatic carbocycles. The fraction of sp³-hybridized carbons (Fsp3) is 0.300. The van der Waals surface area contributed by atoms with Gasteiger partial charge in [0.2, 0.25) is 0 Å². The Hall–Kier alpha value is -1.49. The SMILES string of the molecule is CCc1c(N)ncnc1Cc1nccs1. The molecule has 4 nitrogen and oxygen atoms in total. The van der Waals surface area contributed by atoms with E-state index in [0.717, 1.165) is 29.1 Å². The summed E-state index contributed by atoms with van der Waals surface area (Å²) in [5.74, 6) is 0.582. The molecule has 2 aromatic rings. The van der Waals surface area contributed by atoms with Crippen LogP contribution in [0, 0.1) is 0 Å². The van der Waals surface area contributed by atoms with Crippen LogP contribution < -0.4 is 5.73 Å². The molecule has 0 saturated carbocycles. The quantitative estimate of drug-likeness (QED) is 0.854. The van der Waals surface area contributed by atoms with E-state index in [0.29, 0.717) is 5.82 Å². The Morgan fingerprint density at radius 3 is 2.87 bits per heavy atom. The number of nitrogens with zero attached hydrogens (tertiary/aromatic N) is 3. The monoisotopic (exact) mass is 220 g/mol. The highest BCUT2D eigenvalue weighted by molar-refractivity contribution is 7.09. The minimum atomic E-state index is 0.582. The molecule has 2 heterocycles. The number of rotatable bonds is 3. The van der Waals surface area contributed by atoms with Gasteiger partial charge in [-0.05, 0) is 6.42 Å². The molecule has 0 aliphatic heterocycles. The number of hydrogen-bond donors (Lipinski definition) is 1. The lowest BCUT2D eigenvalue weighted by Gasteiger charge is -2.06. The Morgan fingerprint density at radius 2 is 2.20 bits per heavy atom. The summed E-state index contributed by atoms with van der Waals surface area (Å²) in [5, 5.41) is 3.02. The zero-order valence-corrected chi connectivity index (χ0v) is 9.29. The molecule has 0 aromatic carbocycles. The summed E-state index contributed by atoms with van der Waals surface area (Å²) >= 11 is 1.63. The molecule has 0 unspecified atom stereocenters. The van der Waals surface area contributed by atoms with Gasteiger partial charge in [-0.25, -0.2) is 15.0 Å². The summed E-state index contributed by atoms with van der Waals surface area (Å²) in [4.78, 5) is 12.5. The molecule has 0 atom stereocenters. The van der Waals surface area contributed by atoms with Crippen molar-refractivity contribution in [3.63, 3.8) is 0 Å². The molecule has 0 saturated heterocycles. The van der Waals surface area contributed by atoms with Crippen molar-refractivity contribution < 1.29 is 0 Å². The van der Waals surface area contributed by atoms with Crippen LogP contribution in [0.2, 0.25) is 0 Å². The number of anilines is 1. The zero-order chi connectivity index (χ0) is 10.7. The predicted octanol–water partition coefficient (Wildman–Crippen LogP) is 1.67. The fourth-order valence-corrected chi connectivity index (χ4v) is 2.11. The first-order valence-corrected chi connectivity index (χ1v) is 5.65. The first-order valence-electron chi connectivity index (χ1n) is 4.78. The Balaban J connectivity index is 2.32.